The summed E-state index contributed by atoms with van der Waals surface area (Å²) < 4.78 is 11.0. The molecule has 4 nitrogen and oxygen atoms in total. The van der Waals surface area contributed by atoms with Gasteiger partial charge >= 0.3 is 0 Å². The lowest BCUT2D eigenvalue weighted by molar-refractivity contribution is -0.117. The Labute approximate surface area is 162 Å². The summed E-state index contributed by atoms with van der Waals surface area (Å²) >= 11 is 6.48. The van der Waals surface area contributed by atoms with Crippen LogP contribution in [0.4, 0.5) is 0 Å². The molecule has 1 N–H and O–H groups in total. The number of hydrogen-bond acceptors (Lipinski definition) is 3. The fourth-order valence-electron chi connectivity index (χ4n) is 4.05. The SMILES string of the molecule is CC1=C2C=C(CCNC2=O)Cc2c1cc(Cl)cc2-c1ccc2c(c1)OCO2. The van der Waals surface area contributed by atoms with Gasteiger partial charge in [0.15, 0.2) is 11.5 Å². The number of hydrogen-bond donors (Lipinski definition) is 1. The Kier molecular flexibility index (Phi) is 3.76. The summed E-state index contributed by atoms with van der Waals surface area (Å²) in [6, 6.07) is 9.94. The third kappa shape index (κ3) is 2.72. The quantitative estimate of drug-likeness (QED) is 0.792. The summed E-state index contributed by atoms with van der Waals surface area (Å²) in [5, 5.41) is 3.64. The van der Waals surface area contributed by atoms with E-state index in [-0.39, 0.29) is 12.7 Å². The molecule has 0 spiro atoms. The maximum atomic E-state index is 12.5. The molecule has 27 heavy (non-hydrogen) atoms. The van der Waals surface area contributed by atoms with Gasteiger partial charge in [0.25, 0.3) is 5.91 Å². The first-order valence-electron chi connectivity index (χ1n) is 9.01. The molecule has 0 unspecified atom stereocenters. The van der Waals surface area contributed by atoms with Crippen LogP contribution >= 0.6 is 11.6 Å². The zero-order valence-corrected chi connectivity index (χ0v) is 15.7. The van der Waals surface area contributed by atoms with Crippen LogP contribution in [-0.4, -0.2) is 19.2 Å². The Morgan fingerprint density at radius 3 is 2.78 bits per heavy atom. The van der Waals surface area contributed by atoms with Crippen molar-refractivity contribution in [3.8, 4) is 22.6 Å². The van der Waals surface area contributed by atoms with E-state index in [0.29, 0.717) is 11.6 Å². The van der Waals surface area contributed by atoms with Gasteiger partial charge < -0.3 is 14.8 Å². The second-order valence-corrected chi connectivity index (χ2v) is 7.51. The number of allylic oxidation sites excluding steroid dienone is 1. The first kappa shape index (κ1) is 16.5. The van der Waals surface area contributed by atoms with E-state index in [2.05, 4.69) is 11.4 Å². The van der Waals surface area contributed by atoms with Gasteiger partial charge in [-0.3, -0.25) is 4.79 Å². The number of rotatable bonds is 1. The molecule has 0 radical (unpaired) electrons. The van der Waals surface area contributed by atoms with Crippen LogP contribution in [0.1, 0.15) is 24.5 Å². The van der Waals surface area contributed by atoms with Crippen LogP contribution < -0.4 is 14.8 Å². The van der Waals surface area contributed by atoms with Crippen molar-refractivity contribution >= 4 is 23.1 Å². The Morgan fingerprint density at radius 2 is 1.89 bits per heavy atom. The Hall–Kier alpha value is -2.72. The standard InChI is InChI=1S/C22H18ClNO3/c1-12-16-9-15(23)10-18(14-2-3-20-21(8-14)27-11-26-20)19(16)7-13-4-5-24-22(25)17(12)6-13/h2-3,6,8-10H,4-5,7,11H2,1H3,(H,24,25). The van der Waals surface area contributed by atoms with E-state index in [0.717, 1.165) is 52.2 Å². The minimum atomic E-state index is -0.0139. The first-order chi connectivity index (χ1) is 13.1. The molecule has 0 fully saturated rings. The summed E-state index contributed by atoms with van der Waals surface area (Å²) in [4.78, 5) is 12.5. The van der Waals surface area contributed by atoms with Crippen LogP contribution in [0.15, 0.2) is 47.6 Å². The van der Waals surface area contributed by atoms with Crippen molar-refractivity contribution in [2.24, 2.45) is 0 Å². The molecule has 0 saturated carbocycles. The van der Waals surface area contributed by atoms with Crippen LogP contribution in [0.2, 0.25) is 5.02 Å². The second kappa shape index (κ2) is 6.17. The van der Waals surface area contributed by atoms with Crippen LogP contribution in [0.5, 0.6) is 11.5 Å². The molecule has 0 aromatic heterocycles. The largest absolute Gasteiger partial charge is 0.454 e. The van der Waals surface area contributed by atoms with E-state index in [4.69, 9.17) is 21.1 Å². The second-order valence-electron chi connectivity index (χ2n) is 7.07. The number of ether oxygens (including phenoxy) is 2. The number of fused-ring (bicyclic) bond motifs is 3. The molecule has 2 aromatic rings. The summed E-state index contributed by atoms with van der Waals surface area (Å²) in [5.41, 5.74) is 7.30. The monoisotopic (exact) mass is 379 g/mol. The highest BCUT2D eigenvalue weighted by molar-refractivity contribution is 6.31. The van der Waals surface area contributed by atoms with Gasteiger partial charge in [-0.05, 0) is 77.9 Å². The number of nitrogens with one attached hydrogen (secondary N) is 1. The van der Waals surface area contributed by atoms with Crippen molar-refractivity contribution in [2.45, 2.75) is 19.8 Å². The van der Waals surface area contributed by atoms with Crippen molar-refractivity contribution in [1.82, 2.24) is 5.32 Å². The third-order valence-electron chi connectivity index (χ3n) is 5.43. The van der Waals surface area contributed by atoms with E-state index in [1.165, 1.54) is 11.1 Å². The van der Waals surface area contributed by atoms with E-state index < -0.39 is 0 Å². The van der Waals surface area contributed by atoms with Gasteiger partial charge in [0.2, 0.25) is 6.79 Å². The maximum absolute atomic E-state index is 12.5. The molecule has 3 aliphatic rings. The lowest BCUT2D eigenvalue weighted by Gasteiger charge is -2.18. The zero-order chi connectivity index (χ0) is 18.5. The van der Waals surface area contributed by atoms with Crippen molar-refractivity contribution < 1.29 is 14.3 Å². The van der Waals surface area contributed by atoms with Crippen molar-refractivity contribution in [2.75, 3.05) is 13.3 Å². The predicted octanol–water partition coefficient (Wildman–Crippen LogP) is 4.51. The van der Waals surface area contributed by atoms with Gasteiger partial charge in [-0.15, -0.1) is 0 Å². The van der Waals surface area contributed by atoms with E-state index in [1.807, 2.05) is 37.3 Å². The predicted molar refractivity (Wildman–Crippen MR) is 105 cm³/mol. The molecular formula is C22H18ClNO3. The minimum Gasteiger partial charge on any atom is -0.454 e. The van der Waals surface area contributed by atoms with Gasteiger partial charge in [-0.2, -0.15) is 0 Å². The number of amides is 1. The van der Waals surface area contributed by atoms with Crippen LogP contribution in [-0.2, 0) is 11.2 Å². The molecule has 2 heterocycles. The van der Waals surface area contributed by atoms with Crippen LogP contribution in [0, 0.1) is 0 Å². The molecule has 5 heteroatoms. The Bertz CT molecular complexity index is 1050. The lowest BCUT2D eigenvalue weighted by Crippen LogP contribution is -2.24. The molecule has 1 amide bonds. The van der Waals surface area contributed by atoms with E-state index in [1.54, 1.807) is 0 Å². The molecule has 2 aliphatic heterocycles. The van der Waals surface area contributed by atoms with Gasteiger partial charge in [-0.1, -0.05) is 23.2 Å². The minimum absolute atomic E-state index is 0.0139. The molecule has 2 aromatic carbocycles. The van der Waals surface area contributed by atoms with E-state index in [9.17, 15) is 4.79 Å². The molecule has 0 atom stereocenters. The molecule has 5 rings (SSSR count). The van der Waals surface area contributed by atoms with Gasteiger partial charge in [-0.25, -0.2) is 0 Å². The molecule has 136 valence electrons. The van der Waals surface area contributed by atoms with Gasteiger partial charge in [0, 0.05) is 17.1 Å². The van der Waals surface area contributed by atoms with Crippen LogP contribution in [0.25, 0.3) is 16.7 Å². The highest BCUT2D eigenvalue weighted by atomic mass is 35.5. The number of halogens is 1. The maximum Gasteiger partial charge on any atom is 0.251 e. The van der Waals surface area contributed by atoms with Crippen molar-refractivity contribution in [3.63, 3.8) is 0 Å². The topological polar surface area (TPSA) is 47.6 Å². The Morgan fingerprint density at radius 1 is 1.07 bits per heavy atom. The summed E-state index contributed by atoms with van der Waals surface area (Å²) in [5.74, 6) is 1.50. The van der Waals surface area contributed by atoms with Gasteiger partial charge in [0.05, 0.1) is 0 Å². The molecule has 1 aliphatic carbocycles. The average Bonchev–Trinajstić information content (AvgIpc) is 2.99. The normalized spacial score (nSPS) is 17.7. The number of carbonyl (C=O) groups is 1. The van der Waals surface area contributed by atoms with E-state index >= 15 is 0 Å². The average molecular weight is 380 g/mol. The first-order valence-corrected chi connectivity index (χ1v) is 9.39. The third-order valence-corrected chi connectivity index (χ3v) is 5.65. The lowest BCUT2D eigenvalue weighted by atomic mass is 9.88. The van der Waals surface area contributed by atoms with Gasteiger partial charge in [0.1, 0.15) is 0 Å². The fourth-order valence-corrected chi connectivity index (χ4v) is 4.27. The highest BCUT2D eigenvalue weighted by Crippen LogP contribution is 2.42. The summed E-state index contributed by atoms with van der Waals surface area (Å²) in [7, 11) is 0. The molecule has 0 saturated heterocycles. The molecule has 2 bridgehead atoms. The highest BCUT2D eigenvalue weighted by Gasteiger charge is 2.25. The number of benzene rings is 2. The summed E-state index contributed by atoms with van der Waals surface area (Å²) in [6.07, 6.45) is 3.70. The van der Waals surface area contributed by atoms with Crippen LogP contribution in [0.3, 0.4) is 0 Å². The van der Waals surface area contributed by atoms with Crippen molar-refractivity contribution in [3.05, 3.63) is 63.7 Å². The fraction of sp³-hybridized carbons (Fsp3) is 0.227. The van der Waals surface area contributed by atoms with Crippen molar-refractivity contribution in [1.29, 1.82) is 0 Å². The Balaban J connectivity index is 1.74. The smallest absolute Gasteiger partial charge is 0.251 e. The summed E-state index contributed by atoms with van der Waals surface area (Å²) in [6.45, 7) is 2.92. The number of carbonyl (C=O) groups excluding carboxylic acids is 1. The molecular weight excluding hydrogens is 362 g/mol. The zero-order valence-electron chi connectivity index (χ0n) is 14.9.